The number of ether oxygens (including phenoxy) is 1. The van der Waals surface area contributed by atoms with Gasteiger partial charge in [0.15, 0.2) is 0 Å². The molecule has 1 aliphatic rings. The highest BCUT2D eigenvalue weighted by atomic mass is 16.5. The van der Waals surface area contributed by atoms with Crippen molar-refractivity contribution in [2.75, 3.05) is 6.61 Å². The molecule has 1 aromatic rings. The number of hydrogen-bond donors (Lipinski definition) is 0. The summed E-state index contributed by atoms with van der Waals surface area (Å²) < 4.78 is 5.63. The molecule has 1 saturated carbocycles. The molecule has 0 spiro atoms. The minimum Gasteiger partial charge on any atom is -0.377 e. The molecule has 1 fully saturated rings. The van der Waals surface area contributed by atoms with Crippen LogP contribution in [-0.2, 0) is 11.3 Å². The van der Waals surface area contributed by atoms with Gasteiger partial charge in [-0.15, -0.1) is 0 Å². The van der Waals surface area contributed by atoms with Crippen LogP contribution < -0.4 is 0 Å². The Kier molecular flexibility index (Phi) is 8.59. The molecule has 0 N–H and O–H groups in total. The number of hydrogen-bond acceptors (Lipinski definition) is 3. The second-order valence-corrected chi connectivity index (χ2v) is 7.07. The third-order valence-corrected chi connectivity index (χ3v) is 5.06. The average molecular weight is 319 g/mol. The summed E-state index contributed by atoms with van der Waals surface area (Å²) in [5.74, 6) is 2.57. The van der Waals surface area contributed by atoms with Gasteiger partial charge in [0.1, 0.15) is 5.82 Å². The van der Waals surface area contributed by atoms with Gasteiger partial charge >= 0.3 is 0 Å². The van der Waals surface area contributed by atoms with Crippen molar-refractivity contribution in [1.82, 2.24) is 9.97 Å². The van der Waals surface area contributed by atoms with Gasteiger partial charge in [-0.3, -0.25) is 0 Å². The zero-order valence-electron chi connectivity index (χ0n) is 15.1. The van der Waals surface area contributed by atoms with Crippen molar-refractivity contribution in [2.24, 2.45) is 5.92 Å². The third-order valence-electron chi connectivity index (χ3n) is 5.06. The molecule has 1 aliphatic carbocycles. The standard InChI is InChI=1S/C20H34N2O/c1-3-5-7-8-17-9-11-19(12-10-17)20-21-14-18(15-22-20)16-23-13-6-4-2/h14-15,17,19H,3-13,16H2,1-2H3/t17-,19-. The molecule has 0 amide bonds. The second kappa shape index (κ2) is 10.7. The fourth-order valence-electron chi connectivity index (χ4n) is 3.48. The predicted molar refractivity (Wildman–Crippen MR) is 95.4 cm³/mol. The molecular weight excluding hydrogens is 284 g/mol. The second-order valence-electron chi connectivity index (χ2n) is 7.07. The van der Waals surface area contributed by atoms with Crippen LogP contribution in [0.5, 0.6) is 0 Å². The van der Waals surface area contributed by atoms with Crippen LogP contribution in [0.1, 0.15) is 95.4 Å². The Hall–Kier alpha value is -0.960. The lowest BCUT2D eigenvalue weighted by Gasteiger charge is -2.27. The number of nitrogens with zero attached hydrogens (tertiary/aromatic N) is 2. The first-order valence-electron chi connectivity index (χ1n) is 9.72. The van der Waals surface area contributed by atoms with Crippen molar-refractivity contribution in [1.29, 1.82) is 0 Å². The Morgan fingerprint density at radius 3 is 2.30 bits per heavy atom. The van der Waals surface area contributed by atoms with Gasteiger partial charge in [0.05, 0.1) is 6.61 Å². The Morgan fingerprint density at radius 2 is 1.65 bits per heavy atom. The number of unbranched alkanes of at least 4 members (excludes halogenated alkanes) is 3. The molecule has 23 heavy (non-hydrogen) atoms. The molecule has 0 aliphatic heterocycles. The van der Waals surface area contributed by atoms with E-state index in [1.807, 2.05) is 12.4 Å². The molecule has 0 radical (unpaired) electrons. The number of aromatic nitrogens is 2. The molecule has 2 rings (SSSR count). The minimum absolute atomic E-state index is 0.576. The van der Waals surface area contributed by atoms with Gasteiger partial charge in [-0.05, 0) is 38.0 Å². The van der Waals surface area contributed by atoms with E-state index in [2.05, 4.69) is 23.8 Å². The highest BCUT2D eigenvalue weighted by Gasteiger charge is 2.23. The quantitative estimate of drug-likeness (QED) is 0.523. The fourth-order valence-corrected chi connectivity index (χ4v) is 3.48. The monoisotopic (exact) mass is 318 g/mol. The van der Waals surface area contributed by atoms with Crippen molar-refractivity contribution in [3.63, 3.8) is 0 Å². The first kappa shape index (κ1) is 18.4. The maximum atomic E-state index is 5.63. The Morgan fingerprint density at radius 1 is 0.957 bits per heavy atom. The van der Waals surface area contributed by atoms with E-state index in [0.29, 0.717) is 12.5 Å². The smallest absolute Gasteiger partial charge is 0.131 e. The van der Waals surface area contributed by atoms with Crippen LogP contribution in [-0.4, -0.2) is 16.6 Å². The summed E-state index contributed by atoms with van der Waals surface area (Å²) in [5, 5.41) is 0. The van der Waals surface area contributed by atoms with Crippen LogP contribution >= 0.6 is 0 Å². The molecular formula is C20H34N2O. The maximum Gasteiger partial charge on any atom is 0.131 e. The topological polar surface area (TPSA) is 35.0 Å². The van der Waals surface area contributed by atoms with Crippen molar-refractivity contribution in [3.05, 3.63) is 23.8 Å². The molecule has 0 bridgehead atoms. The van der Waals surface area contributed by atoms with E-state index in [1.54, 1.807) is 0 Å². The molecule has 130 valence electrons. The van der Waals surface area contributed by atoms with E-state index in [4.69, 9.17) is 4.74 Å². The van der Waals surface area contributed by atoms with Gasteiger partial charge in [-0.1, -0.05) is 46.0 Å². The Balaban J connectivity index is 1.71. The summed E-state index contributed by atoms with van der Waals surface area (Å²) in [6.07, 6.45) is 17.0. The molecule has 0 atom stereocenters. The highest BCUT2D eigenvalue weighted by molar-refractivity contribution is 5.07. The van der Waals surface area contributed by atoms with Gasteiger partial charge in [-0.2, -0.15) is 0 Å². The number of rotatable bonds is 10. The van der Waals surface area contributed by atoms with Crippen LogP contribution in [0, 0.1) is 5.92 Å². The average Bonchev–Trinajstić information content (AvgIpc) is 2.60. The van der Waals surface area contributed by atoms with E-state index < -0.39 is 0 Å². The van der Waals surface area contributed by atoms with E-state index >= 15 is 0 Å². The van der Waals surface area contributed by atoms with Gasteiger partial charge in [-0.25, -0.2) is 9.97 Å². The normalized spacial score (nSPS) is 21.5. The summed E-state index contributed by atoms with van der Waals surface area (Å²) >= 11 is 0. The zero-order chi connectivity index (χ0) is 16.3. The summed E-state index contributed by atoms with van der Waals surface area (Å²) in [5.41, 5.74) is 1.10. The zero-order valence-corrected chi connectivity index (χ0v) is 15.1. The lowest BCUT2D eigenvalue weighted by Crippen LogP contribution is -2.15. The molecule has 3 heteroatoms. The summed E-state index contributed by atoms with van der Waals surface area (Å²) in [6.45, 7) is 5.94. The summed E-state index contributed by atoms with van der Waals surface area (Å²) in [6, 6.07) is 0. The highest BCUT2D eigenvalue weighted by Crippen LogP contribution is 2.36. The van der Waals surface area contributed by atoms with Gasteiger partial charge in [0.25, 0.3) is 0 Å². The van der Waals surface area contributed by atoms with E-state index in [-0.39, 0.29) is 0 Å². The first-order valence-corrected chi connectivity index (χ1v) is 9.72. The lowest BCUT2D eigenvalue weighted by molar-refractivity contribution is 0.117. The van der Waals surface area contributed by atoms with Crippen LogP contribution in [0.4, 0.5) is 0 Å². The maximum absolute atomic E-state index is 5.63. The summed E-state index contributed by atoms with van der Waals surface area (Å²) in [4.78, 5) is 9.22. The first-order chi connectivity index (χ1) is 11.3. The van der Waals surface area contributed by atoms with Crippen molar-refractivity contribution < 1.29 is 4.74 Å². The van der Waals surface area contributed by atoms with E-state index in [9.17, 15) is 0 Å². The Bertz CT molecular complexity index is 410. The van der Waals surface area contributed by atoms with Gasteiger partial charge in [0.2, 0.25) is 0 Å². The molecule has 0 saturated heterocycles. The van der Waals surface area contributed by atoms with E-state index in [0.717, 1.165) is 30.3 Å². The third kappa shape index (κ3) is 6.58. The molecule has 0 unspecified atom stereocenters. The van der Waals surface area contributed by atoms with Crippen molar-refractivity contribution >= 4 is 0 Å². The molecule has 0 aromatic carbocycles. The molecule has 1 aromatic heterocycles. The van der Waals surface area contributed by atoms with Gasteiger partial charge < -0.3 is 4.74 Å². The Labute approximate surface area is 142 Å². The largest absolute Gasteiger partial charge is 0.377 e. The SMILES string of the molecule is CCCCC[C@H]1CC[C@H](c2ncc(COCCCC)cn2)CC1. The fraction of sp³-hybridized carbons (Fsp3) is 0.800. The van der Waals surface area contributed by atoms with Crippen LogP contribution in [0.2, 0.25) is 0 Å². The van der Waals surface area contributed by atoms with Crippen LogP contribution in [0.3, 0.4) is 0 Å². The van der Waals surface area contributed by atoms with Crippen molar-refractivity contribution in [3.8, 4) is 0 Å². The predicted octanol–water partition coefficient (Wildman–Crippen LogP) is 5.65. The molecule has 3 nitrogen and oxygen atoms in total. The minimum atomic E-state index is 0.576. The summed E-state index contributed by atoms with van der Waals surface area (Å²) in [7, 11) is 0. The van der Waals surface area contributed by atoms with Gasteiger partial charge in [0, 0.05) is 30.5 Å². The van der Waals surface area contributed by atoms with Crippen LogP contribution in [0.15, 0.2) is 12.4 Å². The molecule has 1 heterocycles. The van der Waals surface area contributed by atoms with E-state index in [1.165, 1.54) is 57.8 Å². The van der Waals surface area contributed by atoms with Crippen LogP contribution in [0.25, 0.3) is 0 Å². The van der Waals surface area contributed by atoms with Crippen molar-refractivity contribution in [2.45, 2.75) is 90.6 Å². The lowest BCUT2D eigenvalue weighted by atomic mass is 9.79.